The minimum Gasteiger partial charge on any atom is -0.382 e. The van der Waals surface area contributed by atoms with Gasteiger partial charge in [0.25, 0.3) is 5.92 Å². The maximum Gasteiger partial charge on any atom is 0.274 e. The molecule has 1 saturated heterocycles. The molecule has 0 aliphatic carbocycles. The van der Waals surface area contributed by atoms with Crippen LogP contribution in [0.15, 0.2) is 30.5 Å². The number of aliphatic hydroxyl groups is 1. The lowest BCUT2D eigenvalue weighted by molar-refractivity contribution is -0.174. The first-order chi connectivity index (χ1) is 13.7. The summed E-state index contributed by atoms with van der Waals surface area (Å²) in [7, 11) is 0. The molecule has 6 nitrogen and oxygen atoms in total. The van der Waals surface area contributed by atoms with Crippen molar-refractivity contribution >= 4 is 36.1 Å². The lowest BCUT2D eigenvalue weighted by atomic mass is 9.88. The molecule has 3 N–H and O–H groups in total. The van der Waals surface area contributed by atoms with E-state index in [9.17, 15) is 18.3 Å². The average Bonchev–Trinajstić information content (AvgIpc) is 3.11. The molecule has 0 spiro atoms. The minimum atomic E-state index is -3.28. The maximum atomic E-state index is 14.6. The smallest absolute Gasteiger partial charge is 0.274 e. The van der Waals surface area contributed by atoms with Crippen LogP contribution < -0.4 is 13.7 Å². The highest BCUT2D eigenvalue weighted by molar-refractivity contribution is 14.2. The van der Waals surface area contributed by atoms with Gasteiger partial charge in [-0.05, 0) is 31.2 Å². The Morgan fingerprint density at radius 3 is 2.83 bits per heavy atom. The molecule has 0 aromatic carbocycles. The summed E-state index contributed by atoms with van der Waals surface area (Å²) < 4.78 is 46.4. The molecule has 4 rings (SSSR count). The number of halogens is 4. The Labute approximate surface area is 176 Å². The summed E-state index contributed by atoms with van der Waals surface area (Å²) in [5.41, 5.74) is -1.12. The van der Waals surface area contributed by atoms with Gasteiger partial charge in [-0.25, -0.2) is 23.1 Å². The fraction of sp³-hybridized carbons (Fsp3) is 0.421. The lowest BCUT2D eigenvalue weighted by Crippen LogP contribution is -2.65. The number of piperazine rings is 1. The molecule has 156 valence electrons. The van der Waals surface area contributed by atoms with Gasteiger partial charge in [0.1, 0.15) is 28.7 Å². The number of anilines is 2. The molecule has 2 atom stereocenters. The van der Waals surface area contributed by atoms with Gasteiger partial charge in [-0.15, -0.1) is 0 Å². The molecule has 2 aromatic rings. The number of hydrogen-bond acceptors (Lipinski definition) is 6. The number of alkyl halides is 2. The molecule has 4 heterocycles. The Morgan fingerprint density at radius 1 is 1.28 bits per heavy atom. The van der Waals surface area contributed by atoms with Crippen LogP contribution >= 0.6 is 21.0 Å². The van der Waals surface area contributed by atoms with Crippen LogP contribution in [0.5, 0.6) is 0 Å². The monoisotopic (exact) mass is 519 g/mol. The first-order valence-electron chi connectivity index (χ1n) is 9.16. The number of pyridine rings is 2. The van der Waals surface area contributed by atoms with E-state index in [4.69, 9.17) is 0 Å². The summed E-state index contributed by atoms with van der Waals surface area (Å²) in [4.78, 5) is 10.6. The van der Waals surface area contributed by atoms with E-state index in [1.807, 2.05) is 6.07 Å². The molecule has 0 amide bonds. The van der Waals surface area contributed by atoms with Gasteiger partial charge in [-0.2, -0.15) is 0 Å². The van der Waals surface area contributed by atoms with Crippen LogP contribution in [-0.4, -0.2) is 55.8 Å². The molecule has 2 aliphatic rings. The van der Waals surface area contributed by atoms with Crippen LogP contribution in [0.4, 0.5) is 24.8 Å². The number of rotatable bonds is 4. The van der Waals surface area contributed by atoms with Gasteiger partial charge in [-0.1, -0.05) is 0 Å². The van der Waals surface area contributed by atoms with Gasteiger partial charge >= 0.3 is 0 Å². The minimum absolute atomic E-state index is 0.134. The normalized spacial score (nSPS) is 21.5. The van der Waals surface area contributed by atoms with Gasteiger partial charge < -0.3 is 18.9 Å². The van der Waals surface area contributed by atoms with Crippen molar-refractivity contribution in [2.75, 3.05) is 28.1 Å². The van der Waals surface area contributed by atoms with E-state index >= 15 is 0 Å². The fourth-order valence-electron chi connectivity index (χ4n) is 3.38. The number of aromatic nitrogens is 2. The van der Waals surface area contributed by atoms with Crippen LogP contribution in [0, 0.1) is 5.82 Å². The Kier molecular flexibility index (Phi) is 5.28. The van der Waals surface area contributed by atoms with E-state index in [2.05, 4.69) is 18.8 Å². The Morgan fingerprint density at radius 2 is 2.07 bits per heavy atom. The van der Waals surface area contributed by atoms with Crippen molar-refractivity contribution in [3.05, 3.63) is 47.5 Å². The SMILES string of the molecule is CC(F)(F)C(C)(O)C1CN(c2ccc(F)c(C3=INc4ncccc43)n2)CCN1. The molecule has 0 bridgehead atoms. The standard InChI is InChI=1S/C19H21F3IN5O/c1-18(29,19(2,21)22)13-10-28(9-8-24-13)14-6-5-12(20)16(26-14)15-11-4-3-7-25-17(11)27-23-15/h3-7,13,24,29H,8-10H2,1-2H3,(H,25,27). The Balaban J connectivity index is 1.63. The van der Waals surface area contributed by atoms with E-state index in [-0.39, 0.29) is 12.2 Å². The third-order valence-corrected chi connectivity index (χ3v) is 7.79. The van der Waals surface area contributed by atoms with E-state index in [1.54, 1.807) is 23.2 Å². The topological polar surface area (TPSA) is 73.3 Å². The van der Waals surface area contributed by atoms with Crippen molar-refractivity contribution in [2.24, 2.45) is 0 Å². The van der Waals surface area contributed by atoms with Crippen molar-refractivity contribution in [3.8, 4) is 0 Å². The summed E-state index contributed by atoms with van der Waals surface area (Å²) in [5.74, 6) is -2.48. The maximum absolute atomic E-state index is 14.6. The second-order valence-electron chi connectivity index (χ2n) is 7.39. The molecule has 2 aromatic heterocycles. The molecule has 29 heavy (non-hydrogen) atoms. The largest absolute Gasteiger partial charge is 0.382 e. The number of nitrogens with zero attached hydrogens (tertiary/aromatic N) is 3. The average molecular weight is 519 g/mol. The van der Waals surface area contributed by atoms with Gasteiger partial charge in [0.2, 0.25) is 0 Å². The zero-order chi connectivity index (χ0) is 20.8. The van der Waals surface area contributed by atoms with Crippen LogP contribution in [0.2, 0.25) is 0 Å². The second-order valence-corrected chi connectivity index (χ2v) is 9.55. The highest BCUT2D eigenvalue weighted by atomic mass is 127. The molecule has 0 saturated carbocycles. The Hall–Kier alpha value is -1.79. The zero-order valence-corrected chi connectivity index (χ0v) is 18.0. The summed E-state index contributed by atoms with van der Waals surface area (Å²) >= 11 is -0.692. The second kappa shape index (κ2) is 7.47. The number of nitrogens with one attached hydrogen (secondary N) is 2. The van der Waals surface area contributed by atoms with Crippen molar-refractivity contribution in [1.82, 2.24) is 15.3 Å². The third kappa shape index (κ3) is 3.73. The summed E-state index contributed by atoms with van der Waals surface area (Å²) in [6, 6.07) is 5.72. The molecule has 2 aliphatic heterocycles. The summed E-state index contributed by atoms with van der Waals surface area (Å²) in [6.07, 6.45) is 1.68. The van der Waals surface area contributed by atoms with Crippen LogP contribution in [-0.2, 0) is 0 Å². The first-order valence-corrected chi connectivity index (χ1v) is 11.3. The van der Waals surface area contributed by atoms with Crippen molar-refractivity contribution in [3.63, 3.8) is 0 Å². The van der Waals surface area contributed by atoms with Crippen LogP contribution in [0.3, 0.4) is 0 Å². The lowest BCUT2D eigenvalue weighted by Gasteiger charge is -2.43. The van der Waals surface area contributed by atoms with E-state index in [0.717, 1.165) is 21.8 Å². The molecule has 10 heteroatoms. The predicted octanol–water partition coefficient (Wildman–Crippen LogP) is 2.68. The van der Waals surface area contributed by atoms with Gasteiger partial charge in [0, 0.05) is 59.3 Å². The van der Waals surface area contributed by atoms with Gasteiger partial charge in [-0.3, -0.25) is 0 Å². The molecular formula is C19H21F3IN5O. The molecule has 0 radical (unpaired) electrons. The van der Waals surface area contributed by atoms with Crippen molar-refractivity contribution in [2.45, 2.75) is 31.4 Å². The fourth-order valence-corrected chi connectivity index (χ4v) is 5.69. The first kappa shape index (κ1) is 20.5. The molecule has 1 fully saturated rings. The molecule has 2 unspecified atom stereocenters. The van der Waals surface area contributed by atoms with E-state index < -0.39 is 44.4 Å². The quantitative estimate of drug-likeness (QED) is 0.427. The molecular weight excluding hydrogens is 498 g/mol. The van der Waals surface area contributed by atoms with Crippen LogP contribution in [0.1, 0.15) is 25.1 Å². The van der Waals surface area contributed by atoms with Crippen LogP contribution in [0.25, 0.3) is 0 Å². The van der Waals surface area contributed by atoms with Gasteiger partial charge in [0.15, 0.2) is 0 Å². The van der Waals surface area contributed by atoms with E-state index in [1.165, 1.54) is 6.07 Å². The van der Waals surface area contributed by atoms with Crippen molar-refractivity contribution in [1.29, 1.82) is 0 Å². The zero-order valence-electron chi connectivity index (χ0n) is 15.9. The third-order valence-electron chi connectivity index (χ3n) is 5.38. The number of fused-ring (bicyclic) bond motifs is 1. The number of hydrogen-bond donors (Lipinski definition) is 3. The van der Waals surface area contributed by atoms with Gasteiger partial charge in [0.05, 0.1) is 9.55 Å². The summed E-state index contributed by atoms with van der Waals surface area (Å²) in [6.45, 7) is 2.89. The Bertz CT molecular complexity index is 963. The predicted molar refractivity (Wildman–Crippen MR) is 115 cm³/mol. The van der Waals surface area contributed by atoms with E-state index in [0.29, 0.717) is 25.8 Å². The highest BCUT2D eigenvalue weighted by Crippen LogP contribution is 2.34. The summed E-state index contributed by atoms with van der Waals surface area (Å²) in [5, 5.41) is 13.4. The highest BCUT2D eigenvalue weighted by Gasteiger charge is 2.51. The van der Waals surface area contributed by atoms with Crippen molar-refractivity contribution < 1.29 is 18.3 Å².